The fourth-order valence-corrected chi connectivity index (χ4v) is 3.04. The maximum atomic E-state index is 10.9. The summed E-state index contributed by atoms with van der Waals surface area (Å²) in [6.45, 7) is 2.13. The van der Waals surface area contributed by atoms with E-state index in [1.807, 2.05) is 36.4 Å². The maximum absolute atomic E-state index is 10.9. The van der Waals surface area contributed by atoms with Gasteiger partial charge in [-0.3, -0.25) is 4.79 Å². The van der Waals surface area contributed by atoms with Gasteiger partial charge < -0.3 is 19.9 Å². The number of pyridine rings is 1. The number of hydrogen-bond acceptors (Lipinski definition) is 5. The van der Waals surface area contributed by atoms with E-state index in [0.717, 1.165) is 23.1 Å². The normalized spacial score (nSPS) is 10.7. The molecule has 0 aliphatic carbocycles. The van der Waals surface area contributed by atoms with Crippen molar-refractivity contribution in [3.63, 3.8) is 0 Å². The molecule has 7 heteroatoms. The van der Waals surface area contributed by atoms with Crippen LogP contribution in [0.5, 0.6) is 11.5 Å². The number of nitrogens with zero attached hydrogens (tertiary/aromatic N) is 3. The van der Waals surface area contributed by atoms with Crippen LogP contribution in [0.2, 0.25) is 0 Å². The van der Waals surface area contributed by atoms with E-state index in [4.69, 9.17) is 4.74 Å². The molecule has 0 atom stereocenters. The van der Waals surface area contributed by atoms with Crippen LogP contribution >= 0.6 is 0 Å². The fraction of sp³-hybridized carbons (Fsp3) is 0.136. The van der Waals surface area contributed by atoms with Crippen LogP contribution in [0.1, 0.15) is 12.5 Å². The Balaban J connectivity index is 1.56. The number of carbonyl (C=O) groups is 1. The molecule has 7 nitrogen and oxygen atoms in total. The van der Waals surface area contributed by atoms with Crippen LogP contribution in [0, 0.1) is 0 Å². The molecule has 0 bridgehead atoms. The van der Waals surface area contributed by atoms with Gasteiger partial charge in [-0.25, -0.2) is 9.97 Å². The van der Waals surface area contributed by atoms with E-state index in [2.05, 4.69) is 33.3 Å². The van der Waals surface area contributed by atoms with Gasteiger partial charge >= 0.3 is 0 Å². The number of aromatic nitrogens is 3. The molecule has 1 amide bonds. The third-order valence-corrected chi connectivity index (χ3v) is 4.58. The van der Waals surface area contributed by atoms with Crippen molar-refractivity contribution in [2.24, 2.45) is 0 Å². The summed E-state index contributed by atoms with van der Waals surface area (Å²) in [4.78, 5) is 24.4. The lowest BCUT2D eigenvalue weighted by Crippen LogP contribution is -2.14. The highest BCUT2D eigenvalue weighted by atomic mass is 16.5. The number of anilines is 3. The number of H-pyrrole nitrogens is 1. The molecule has 2 N–H and O–H groups in total. The van der Waals surface area contributed by atoms with Crippen molar-refractivity contribution in [1.29, 1.82) is 0 Å². The van der Waals surface area contributed by atoms with E-state index in [-0.39, 0.29) is 0 Å². The second-order valence-electron chi connectivity index (χ2n) is 6.57. The summed E-state index contributed by atoms with van der Waals surface area (Å²) in [5, 5.41) is 3.35. The van der Waals surface area contributed by atoms with Gasteiger partial charge in [0.1, 0.15) is 17.3 Å². The highest BCUT2D eigenvalue weighted by Gasteiger charge is 2.08. The Morgan fingerprint density at radius 3 is 2.79 bits per heavy atom. The first kappa shape index (κ1) is 18.5. The average Bonchev–Trinajstić information content (AvgIpc) is 3.15. The van der Waals surface area contributed by atoms with Crippen LogP contribution in [-0.4, -0.2) is 28.4 Å². The van der Waals surface area contributed by atoms with Crippen molar-refractivity contribution in [2.75, 3.05) is 17.3 Å². The van der Waals surface area contributed by atoms with Crippen molar-refractivity contribution in [2.45, 2.75) is 13.3 Å². The van der Waals surface area contributed by atoms with Crippen LogP contribution in [-0.2, 0) is 11.2 Å². The third kappa shape index (κ3) is 4.03. The third-order valence-electron chi connectivity index (χ3n) is 4.58. The van der Waals surface area contributed by atoms with Gasteiger partial charge in [0, 0.05) is 31.1 Å². The highest BCUT2D eigenvalue weighted by Crippen LogP contribution is 2.28. The second kappa shape index (κ2) is 8.02. The Morgan fingerprint density at radius 1 is 1.14 bits per heavy atom. The fourth-order valence-electron chi connectivity index (χ4n) is 3.04. The monoisotopic (exact) mass is 387 g/mol. The summed E-state index contributed by atoms with van der Waals surface area (Å²) in [5.41, 5.74) is 3.96. The zero-order valence-corrected chi connectivity index (χ0v) is 16.2. The molecule has 0 spiro atoms. The first-order valence-corrected chi connectivity index (χ1v) is 9.33. The first-order chi connectivity index (χ1) is 14.2. The van der Waals surface area contributed by atoms with E-state index < -0.39 is 0 Å². The smallest absolute Gasteiger partial charge is 0.215 e. The van der Waals surface area contributed by atoms with Crippen LogP contribution in [0.3, 0.4) is 0 Å². The molecule has 0 unspecified atom stereocenters. The van der Waals surface area contributed by atoms with Crippen molar-refractivity contribution in [1.82, 2.24) is 15.0 Å². The number of carbonyl (C=O) groups excluding carboxylic acids is 1. The largest absolute Gasteiger partial charge is 0.457 e. The minimum atomic E-state index is 0.515. The first-order valence-electron chi connectivity index (χ1n) is 9.33. The van der Waals surface area contributed by atoms with Crippen LogP contribution in [0.4, 0.5) is 17.5 Å². The van der Waals surface area contributed by atoms with Crippen molar-refractivity contribution in [3.8, 4) is 11.5 Å². The molecular weight excluding hydrogens is 366 g/mol. The van der Waals surface area contributed by atoms with Gasteiger partial charge in [-0.15, -0.1) is 0 Å². The molecule has 0 aliphatic rings. The molecule has 0 saturated carbocycles. The molecule has 2 aromatic carbocycles. The van der Waals surface area contributed by atoms with Gasteiger partial charge in [-0.1, -0.05) is 25.1 Å². The van der Waals surface area contributed by atoms with Crippen LogP contribution in [0.15, 0.2) is 60.8 Å². The van der Waals surface area contributed by atoms with E-state index in [1.54, 1.807) is 25.4 Å². The van der Waals surface area contributed by atoms with Gasteiger partial charge in [0.2, 0.25) is 12.4 Å². The number of amides is 1. The molecule has 0 aliphatic heterocycles. The second-order valence-corrected chi connectivity index (χ2v) is 6.57. The Bertz CT molecular complexity index is 1150. The minimum Gasteiger partial charge on any atom is -0.457 e. The summed E-state index contributed by atoms with van der Waals surface area (Å²) < 4.78 is 5.94. The highest BCUT2D eigenvalue weighted by molar-refractivity contribution is 5.80. The summed E-state index contributed by atoms with van der Waals surface area (Å²) in [7, 11) is 1.64. The summed E-state index contributed by atoms with van der Waals surface area (Å²) in [6.07, 6.45) is 3.25. The Hall–Kier alpha value is -3.87. The molecular formula is C22H21N5O2. The van der Waals surface area contributed by atoms with E-state index >= 15 is 0 Å². The van der Waals surface area contributed by atoms with E-state index in [0.29, 0.717) is 29.7 Å². The summed E-state index contributed by atoms with van der Waals surface area (Å²) in [5.74, 6) is 2.45. The van der Waals surface area contributed by atoms with Crippen molar-refractivity contribution >= 4 is 34.9 Å². The van der Waals surface area contributed by atoms with E-state index in [9.17, 15) is 4.79 Å². The van der Waals surface area contributed by atoms with Gasteiger partial charge in [0.15, 0.2) is 0 Å². The lowest BCUT2D eigenvalue weighted by atomic mass is 10.1. The number of benzene rings is 2. The number of aromatic amines is 1. The summed E-state index contributed by atoms with van der Waals surface area (Å²) >= 11 is 0. The SMILES string of the molecule is CCc1ccccc1Nc1nc2ccc(Oc3ccnc(N(C)C=O)c3)cc2[nH]1. The summed E-state index contributed by atoms with van der Waals surface area (Å²) in [6, 6.07) is 17.3. The zero-order chi connectivity index (χ0) is 20.2. The van der Waals surface area contributed by atoms with Gasteiger partial charge in [-0.05, 0) is 36.2 Å². The number of rotatable bonds is 7. The Kier molecular flexibility index (Phi) is 5.11. The number of nitrogens with one attached hydrogen (secondary N) is 2. The van der Waals surface area contributed by atoms with Crippen LogP contribution < -0.4 is 15.0 Å². The van der Waals surface area contributed by atoms with Crippen molar-refractivity contribution in [3.05, 3.63) is 66.4 Å². The number of imidazole rings is 1. The zero-order valence-electron chi connectivity index (χ0n) is 16.2. The minimum absolute atomic E-state index is 0.515. The van der Waals surface area contributed by atoms with Crippen molar-refractivity contribution < 1.29 is 9.53 Å². The molecule has 4 aromatic rings. The molecule has 29 heavy (non-hydrogen) atoms. The number of hydrogen-bond donors (Lipinski definition) is 2. The molecule has 2 heterocycles. The van der Waals surface area contributed by atoms with Gasteiger partial charge in [0.05, 0.1) is 11.0 Å². The van der Waals surface area contributed by atoms with Crippen LogP contribution in [0.25, 0.3) is 11.0 Å². The Morgan fingerprint density at radius 2 is 1.97 bits per heavy atom. The molecule has 146 valence electrons. The quantitative estimate of drug-likeness (QED) is 0.451. The molecule has 0 fully saturated rings. The van der Waals surface area contributed by atoms with Gasteiger partial charge in [-0.2, -0.15) is 0 Å². The molecule has 0 radical (unpaired) electrons. The number of fused-ring (bicyclic) bond motifs is 1. The predicted octanol–water partition coefficient (Wildman–Crippen LogP) is 4.65. The lowest BCUT2D eigenvalue weighted by Gasteiger charge is -2.11. The number of ether oxygens (including phenoxy) is 1. The topological polar surface area (TPSA) is 83.1 Å². The average molecular weight is 387 g/mol. The van der Waals surface area contributed by atoms with E-state index in [1.165, 1.54) is 10.5 Å². The van der Waals surface area contributed by atoms with Gasteiger partial charge in [0.25, 0.3) is 0 Å². The maximum Gasteiger partial charge on any atom is 0.215 e. The number of para-hydroxylation sites is 1. The Labute approximate surface area is 168 Å². The standard InChI is InChI=1S/C22H21N5O2/c1-3-15-6-4-5-7-18(15)24-22-25-19-9-8-16(12-20(19)26-22)29-17-10-11-23-21(13-17)27(2)14-28/h4-14H,3H2,1-2H3,(H2,24,25,26). The molecule has 0 saturated heterocycles. The predicted molar refractivity (Wildman–Crippen MR) is 114 cm³/mol. The molecule has 2 aromatic heterocycles. The number of aryl methyl sites for hydroxylation is 1. The molecule has 4 rings (SSSR count). The lowest BCUT2D eigenvalue weighted by molar-refractivity contribution is -0.107.